The number of alkyl halides is 2. The lowest BCUT2D eigenvalue weighted by atomic mass is 10.2. The van der Waals surface area contributed by atoms with Gasteiger partial charge in [0.05, 0.1) is 12.1 Å². The van der Waals surface area contributed by atoms with E-state index in [1.165, 1.54) is 6.92 Å². The van der Waals surface area contributed by atoms with E-state index in [1.807, 2.05) is 6.92 Å². The first-order valence-electron chi connectivity index (χ1n) is 4.27. The summed E-state index contributed by atoms with van der Waals surface area (Å²) in [6.07, 6.45) is -1.50. The molecule has 2 unspecified atom stereocenters. The Hall–Kier alpha value is -0.220. The van der Waals surface area contributed by atoms with Crippen LogP contribution in [-0.4, -0.2) is 30.2 Å². The molecule has 0 saturated carbocycles. The smallest absolute Gasteiger partial charge is 0.253 e. The van der Waals surface area contributed by atoms with Crippen molar-refractivity contribution in [2.45, 2.75) is 45.3 Å². The number of aliphatic hydroxyl groups excluding tert-OH is 1. The van der Waals surface area contributed by atoms with E-state index >= 15 is 0 Å². The van der Waals surface area contributed by atoms with E-state index in [1.54, 1.807) is 0 Å². The van der Waals surface area contributed by atoms with Crippen LogP contribution in [0.5, 0.6) is 0 Å². The molecular weight excluding hydrogens is 164 g/mol. The van der Waals surface area contributed by atoms with Crippen LogP contribution in [0.1, 0.15) is 26.7 Å². The van der Waals surface area contributed by atoms with Crippen LogP contribution in [0.3, 0.4) is 0 Å². The van der Waals surface area contributed by atoms with Gasteiger partial charge < -0.3 is 10.4 Å². The van der Waals surface area contributed by atoms with E-state index in [9.17, 15) is 8.78 Å². The zero-order chi connectivity index (χ0) is 9.56. The summed E-state index contributed by atoms with van der Waals surface area (Å²) in [6.45, 7) is 3.74. The van der Waals surface area contributed by atoms with E-state index in [0.29, 0.717) is 19.4 Å². The second-order valence-corrected chi connectivity index (χ2v) is 2.93. The van der Waals surface area contributed by atoms with Gasteiger partial charge >= 0.3 is 0 Å². The van der Waals surface area contributed by atoms with Crippen LogP contribution in [0.15, 0.2) is 0 Å². The first-order chi connectivity index (χ1) is 5.57. The van der Waals surface area contributed by atoms with Gasteiger partial charge in [0.2, 0.25) is 0 Å². The third kappa shape index (κ3) is 5.43. The summed E-state index contributed by atoms with van der Waals surface area (Å²) in [4.78, 5) is 0. The second kappa shape index (κ2) is 6.31. The highest BCUT2D eigenvalue weighted by molar-refractivity contribution is 4.64. The summed E-state index contributed by atoms with van der Waals surface area (Å²) in [6, 6.07) is -0.783. The van der Waals surface area contributed by atoms with Gasteiger partial charge in [-0.25, -0.2) is 8.78 Å². The van der Waals surface area contributed by atoms with Crippen LogP contribution in [0.4, 0.5) is 8.78 Å². The molecule has 0 bridgehead atoms. The number of nitrogens with one attached hydrogen (secondary N) is 1. The van der Waals surface area contributed by atoms with Gasteiger partial charge in [0, 0.05) is 0 Å². The first-order valence-corrected chi connectivity index (χ1v) is 4.27. The highest BCUT2D eigenvalue weighted by Gasteiger charge is 2.13. The van der Waals surface area contributed by atoms with Crippen molar-refractivity contribution in [3.8, 4) is 0 Å². The molecule has 0 rings (SSSR count). The minimum Gasteiger partial charge on any atom is -0.393 e. The molecule has 0 aromatic heterocycles. The summed E-state index contributed by atoms with van der Waals surface area (Å²) in [5.41, 5.74) is 0. The normalized spacial score (nSPS) is 16.5. The van der Waals surface area contributed by atoms with Gasteiger partial charge in [-0.05, 0) is 26.3 Å². The molecule has 0 radical (unpaired) electrons. The summed E-state index contributed by atoms with van der Waals surface area (Å²) in [7, 11) is 0. The summed E-state index contributed by atoms with van der Waals surface area (Å²) in [5, 5.41) is 11.7. The maximum atomic E-state index is 11.9. The fraction of sp³-hybridized carbons (Fsp3) is 1.00. The molecular formula is C8H17F2NO. The molecule has 2 N–H and O–H groups in total. The zero-order valence-electron chi connectivity index (χ0n) is 7.56. The van der Waals surface area contributed by atoms with Gasteiger partial charge in [-0.15, -0.1) is 0 Å². The SMILES string of the molecule is CCC(O)CCNC(C)C(F)F. The van der Waals surface area contributed by atoms with Crippen molar-refractivity contribution in [3.05, 3.63) is 0 Å². The minimum absolute atomic E-state index is 0.373. The Kier molecular flexibility index (Phi) is 6.20. The summed E-state index contributed by atoms with van der Waals surface area (Å²) < 4.78 is 23.8. The van der Waals surface area contributed by atoms with Crippen molar-refractivity contribution in [1.82, 2.24) is 5.32 Å². The standard InChI is InChI=1S/C8H17F2NO/c1-3-7(12)4-5-11-6(2)8(9)10/h6-8,11-12H,3-5H2,1-2H3. The molecule has 0 aliphatic rings. The van der Waals surface area contributed by atoms with Crippen LogP contribution < -0.4 is 5.32 Å². The molecule has 0 amide bonds. The van der Waals surface area contributed by atoms with E-state index < -0.39 is 12.5 Å². The monoisotopic (exact) mass is 181 g/mol. The molecule has 74 valence electrons. The second-order valence-electron chi connectivity index (χ2n) is 2.93. The fourth-order valence-electron chi connectivity index (χ4n) is 0.771. The molecule has 0 aliphatic heterocycles. The number of hydrogen-bond donors (Lipinski definition) is 2. The highest BCUT2D eigenvalue weighted by atomic mass is 19.3. The van der Waals surface area contributed by atoms with Crippen LogP contribution >= 0.6 is 0 Å². The van der Waals surface area contributed by atoms with Crippen molar-refractivity contribution in [1.29, 1.82) is 0 Å². The van der Waals surface area contributed by atoms with E-state index in [2.05, 4.69) is 5.32 Å². The molecule has 0 heterocycles. The molecule has 0 aromatic carbocycles. The lowest BCUT2D eigenvalue weighted by molar-refractivity contribution is 0.101. The molecule has 4 heteroatoms. The quantitative estimate of drug-likeness (QED) is 0.649. The fourth-order valence-corrected chi connectivity index (χ4v) is 0.771. The van der Waals surface area contributed by atoms with Crippen molar-refractivity contribution < 1.29 is 13.9 Å². The van der Waals surface area contributed by atoms with Gasteiger partial charge in [-0.2, -0.15) is 0 Å². The molecule has 0 aromatic rings. The minimum atomic E-state index is -2.33. The predicted octanol–water partition coefficient (Wildman–Crippen LogP) is 1.39. The maximum Gasteiger partial charge on any atom is 0.253 e. The Labute approximate surface area is 72.0 Å². The van der Waals surface area contributed by atoms with Gasteiger partial charge in [0.25, 0.3) is 6.43 Å². The number of aliphatic hydroxyl groups is 1. The first kappa shape index (κ1) is 11.8. The van der Waals surface area contributed by atoms with Gasteiger partial charge in [-0.1, -0.05) is 6.92 Å². The lowest BCUT2D eigenvalue weighted by Crippen LogP contribution is -2.34. The average molecular weight is 181 g/mol. The van der Waals surface area contributed by atoms with Gasteiger partial charge in [0.15, 0.2) is 0 Å². The molecule has 2 nitrogen and oxygen atoms in total. The molecule has 0 spiro atoms. The third-order valence-electron chi connectivity index (χ3n) is 1.79. The molecule has 12 heavy (non-hydrogen) atoms. The largest absolute Gasteiger partial charge is 0.393 e. The van der Waals surface area contributed by atoms with Crippen LogP contribution in [-0.2, 0) is 0 Å². The van der Waals surface area contributed by atoms with E-state index in [-0.39, 0.29) is 6.10 Å². The van der Waals surface area contributed by atoms with Crippen LogP contribution in [0, 0.1) is 0 Å². The topological polar surface area (TPSA) is 32.3 Å². The van der Waals surface area contributed by atoms with Crippen LogP contribution in [0.25, 0.3) is 0 Å². The van der Waals surface area contributed by atoms with Crippen molar-refractivity contribution in [2.75, 3.05) is 6.54 Å². The Bertz CT molecular complexity index is 111. The third-order valence-corrected chi connectivity index (χ3v) is 1.79. The zero-order valence-corrected chi connectivity index (χ0v) is 7.56. The Morgan fingerprint density at radius 2 is 2.00 bits per heavy atom. The van der Waals surface area contributed by atoms with Crippen molar-refractivity contribution in [3.63, 3.8) is 0 Å². The Morgan fingerprint density at radius 1 is 1.42 bits per heavy atom. The van der Waals surface area contributed by atoms with E-state index in [0.717, 1.165) is 0 Å². The number of halogens is 2. The number of rotatable bonds is 6. The lowest BCUT2D eigenvalue weighted by Gasteiger charge is -2.13. The van der Waals surface area contributed by atoms with E-state index in [4.69, 9.17) is 5.11 Å². The van der Waals surface area contributed by atoms with Gasteiger partial charge in [0.1, 0.15) is 0 Å². The Morgan fingerprint density at radius 3 is 2.42 bits per heavy atom. The molecule has 2 atom stereocenters. The maximum absolute atomic E-state index is 11.9. The molecule has 0 saturated heterocycles. The van der Waals surface area contributed by atoms with Gasteiger partial charge in [-0.3, -0.25) is 0 Å². The van der Waals surface area contributed by atoms with Crippen LogP contribution in [0.2, 0.25) is 0 Å². The molecule has 0 aliphatic carbocycles. The van der Waals surface area contributed by atoms with Crippen molar-refractivity contribution in [2.24, 2.45) is 0 Å². The Balaban J connectivity index is 3.30. The predicted molar refractivity (Wildman–Crippen MR) is 44.4 cm³/mol. The summed E-state index contributed by atoms with van der Waals surface area (Å²) >= 11 is 0. The number of hydrogen-bond acceptors (Lipinski definition) is 2. The summed E-state index contributed by atoms with van der Waals surface area (Å²) in [5.74, 6) is 0. The van der Waals surface area contributed by atoms with Crippen molar-refractivity contribution >= 4 is 0 Å². The highest BCUT2D eigenvalue weighted by Crippen LogP contribution is 2.00. The molecule has 0 fully saturated rings. The average Bonchev–Trinajstić information content (AvgIpc) is 2.03.